The summed E-state index contributed by atoms with van der Waals surface area (Å²) in [6.07, 6.45) is 0. The van der Waals surface area contributed by atoms with E-state index in [9.17, 15) is 8.42 Å². The monoisotopic (exact) mass is 443 g/mol. The maximum absolute atomic E-state index is 13.5. The summed E-state index contributed by atoms with van der Waals surface area (Å²) in [4.78, 5) is 0.416. The van der Waals surface area contributed by atoms with Crippen LogP contribution in [0.25, 0.3) is 0 Å². The van der Waals surface area contributed by atoms with Crippen molar-refractivity contribution in [3.63, 3.8) is 0 Å². The molecule has 3 aromatic rings. The normalized spacial score (nSPS) is 33.6. The van der Waals surface area contributed by atoms with Gasteiger partial charge in [-0.15, -0.1) is 0 Å². The molecule has 0 spiro atoms. The molecule has 4 heteroatoms. The van der Waals surface area contributed by atoms with Gasteiger partial charge < -0.3 is 0 Å². The quantitative estimate of drug-likeness (QED) is 0.526. The van der Waals surface area contributed by atoms with Gasteiger partial charge in [0, 0.05) is 13.1 Å². The molecule has 3 nitrogen and oxygen atoms in total. The summed E-state index contributed by atoms with van der Waals surface area (Å²) in [6, 6.07) is 28.8. The third kappa shape index (κ3) is 2.85. The van der Waals surface area contributed by atoms with E-state index in [4.69, 9.17) is 0 Å². The molecule has 1 saturated heterocycles. The number of hydrogen-bond donors (Lipinski definition) is 0. The molecule has 6 rings (SSSR count). The van der Waals surface area contributed by atoms with Gasteiger partial charge in [0.2, 0.25) is 10.0 Å². The van der Waals surface area contributed by atoms with Crippen molar-refractivity contribution in [1.29, 1.82) is 0 Å². The van der Waals surface area contributed by atoms with Crippen LogP contribution in [0.5, 0.6) is 0 Å². The lowest BCUT2D eigenvalue weighted by Gasteiger charge is -2.24. The zero-order valence-corrected chi connectivity index (χ0v) is 19.4. The number of benzene rings is 3. The van der Waals surface area contributed by atoms with Crippen molar-refractivity contribution in [1.82, 2.24) is 4.31 Å². The first-order valence-electron chi connectivity index (χ1n) is 11.6. The average molecular weight is 444 g/mol. The van der Waals surface area contributed by atoms with E-state index in [0.29, 0.717) is 47.6 Å². The van der Waals surface area contributed by atoms with Crippen LogP contribution in [0.4, 0.5) is 0 Å². The SMILES string of the molecule is Cc1ccc(S(=O)(=O)N2C[C@@H]3[C@@H](c4ccccc4)[C@]3([C@H]3[C@H](C)[C@H]3c3ccccc3)C2)cc1. The predicted octanol–water partition coefficient (Wildman–Crippen LogP) is 5.45. The lowest BCUT2D eigenvalue weighted by Crippen LogP contribution is -2.34. The van der Waals surface area contributed by atoms with Gasteiger partial charge in [-0.3, -0.25) is 0 Å². The van der Waals surface area contributed by atoms with Crippen molar-refractivity contribution in [2.45, 2.75) is 30.6 Å². The molecule has 32 heavy (non-hydrogen) atoms. The van der Waals surface area contributed by atoms with E-state index in [1.165, 1.54) is 11.1 Å². The molecule has 1 heterocycles. The Morgan fingerprint density at radius 2 is 1.44 bits per heavy atom. The van der Waals surface area contributed by atoms with Gasteiger partial charge >= 0.3 is 0 Å². The Bertz CT molecular complexity index is 1240. The second kappa shape index (κ2) is 7.03. The highest BCUT2D eigenvalue weighted by atomic mass is 32.2. The Hall–Kier alpha value is -2.43. The summed E-state index contributed by atoms with van der Waals surface area (Å²) >= 11 is 0. The zero-order chi connectivity index (χ0) is 22.1. The molecule has 0 amide bonds. The third-order valence-electron chi connectivity index (χ3n) is 8.41. The molecular formula is C28H29NO2S. The summed E-state index contributed by atoms with van der Waals surface area (Å²) in [7, 11) is -3.47. The van der Waals surface area contributed by atoms with E-state index in [2.05, 4.69) is 67.6 Å². The largest absolute Gasteiger partial charge is 0.243 e. The minimum Gasteiger partial charge on any atom is -0.207 e. The van der Waals surface area contributed by atoms with Gasteiger partial charge in [0.05, 0.1) is 4.90 Å². The average Bonchev–Trinajstić information content (AvgIpc) is 3.62. The summed E-state index contributed by atoms with van der Waals surface area (Å²) in [5.74, 6) is 2.48. The molecule has 3 fully saturated rings. The predicted molar refractivity (Wildman–Crippen MR) is 127 cm³/mol. The second-order valence-electron chi connectivity index (χ2n) is 10.0. The van der Waals surface area contributed by atoms with Crippen molar-refractivity contribution in [3.05, 3.63) is 102 Å². The highest BCUT2D eigenvalue weighted by Crippen LogP contribution is 2.81. The Kier molecular flexibility index (Phi) is 4.44. The van der Waals surface area contributed by atoms with Crippen LogP contribution in [0.3, 0.4) is 0 Å². The highest BCUT2D eigenvalue weighted by molar-refractivity contribution is 7.89. The number of aryl methyl sites for hydroxylation is 1. The topological polar surface area (TPSA) is 37.4 Å². The highest BCUT2D eigenvalue weighted by Gasteiger charge is 2.79. The van der Waals surface area contributed by atoms with Crippen molar-refractivity contribution in [3.8, 4) is 0 Å². The lowest BCUT2D eigenvalue weighted by atomic mass is 9.90. The fourth-order valence-corrected chi connectivity index (χ4v) is 8.43. The molecule has 6 atom stereocenters. The first-order chi connectivity index (χ1) is 15.4. The van der Waals surface area contributed by atoms with Crippen LogP contribution in [-0.4, -0.2) is 25.8 Å². The van der Waals surface area contributed by atoms with Crippen LogP contribution in [0.1, 0.15) is 35.4 Å². The Labute approximate surface area is 191 Å². The van der Waals surface area contributed by atoms with Crippen LogP contribution >= 0.6 is 0 Å². The summed E-state index contributed by atoms with van der Waals surface area (Å²) in [5, 5.41) is 0. The van der Waals surface area contributed by atoms with Crippen LogP contribution in [-0.2, 0) is 10.0 Å². The van der Waals surface area contributed by atoms with Crippen molar-refractivity contribution in [2.24, 2.45) is 23.2 Å². The maximum Gasteiger partial charge on any atom is 0.243 e. The number of fused-ring (bicyclic) bond motifs is 1. The minimum atomic E-state index is -3.47. The molecular weight excluding hydrogens is 414 g/mol. The van der Waals surface area contributed by atoms with E-state index < -0.39 is 10.0 Å². The Balaban J connectivity index is 1.35. The van der Waals surface area contributed by atoms with Gasteiger partial charge in [0.25, 0.3) is 0 Å². The van der Waals surface area contributed by atoms with E-state index >= 15 is 0 Å². The number of sulfonamides is 1. The standard InChI is InChI=1S/C28H29NO2S/c1-19-13-15-23(16-14-19)32(30,31)29-17-24-27(22-11-7-4-8-12-22)28(24,18-29)26-20(2)25(26)21-9-5-3-6-10-21/h3-16,20,24-27H,17-18H2,1-2H3/t20-,24-,25+,26+,27-,28-/m1/s1. The first kappa shape index (κ1) is 20.2. The fourth-order valence-electron chi connectivity index (χ4n) is 6.90. The van der Waals surface area contributed by atoms with Crippen LogP contribution in [0.15, 0.2) is 89.8 Å². The van der Waals surface area contributed by atoms with Crippen molar-refractivity contribution < 1.29 is 8.42 Å². The van der Waals surface area contributed by atoms with Crippen LogP contribution < -0.4 is 0 Å². The second-order valence-corrected chi connectivity index (χ2v) is 12.0. The summed E-state index contributed by atoms with van der Waals surface area (Å²) < 4.78 is 28.8. The molecule has 0 bridgehead atoms. The fraction of sp³-hybridized carbons (Fsp3) is 0.357. The Morgan fingerprint density at radius 3 is 2.06 bits per heavy atom. The third-order valence-corrected chi connectivity index (χ3v) is 10.2. The van der Waals surface area contributed by atoms with Gasteiger partial charge in [0.15, 0.2) is 0 Å². The minimum absolute atomic E-state index is 0.0407. The van der Waals surface area contributed by atoms with E-state index in [1.807, 2.05) is 19.1 Å². The van der Waals surface area contributed by atoms with Crippen LogP contribution in [0, 0.1) is 30.1 Å². The molecule has 3 aromatic carbocycles. The van der Waals surface area contributed by atoms with Crippen molar-refractivity contribution >= 4 is 10.0 Å². The molecule has 0 radical (unpaired) electrons. The Morgan fingerprint density at radius 1 is 0.844 bits per heavy atom. The molecule has 2 saturated carbocycles. The number of rotatable bonds is 5. The zero-order valence-electron chi connectivity index (χ0n) is 18.6. The molecule has 164 valence electrons. The molecule has 1 aliphatic heterocycles. The van der Waals surface area contributed by atoms with E-state index in [0.717, 1.165) is 5.56 Å². The number of hydrogen-bond acceptors (Lipinski definition) is 2. The molecule has 0 aromatic heterocycles. The van der Waals surface area contributed by atoms with Gasteiger partial charge in [-0.2, -0.15) is 4.31 Å². The van der Waals surface area contributed by atoms with Gasteiger partial charge in [-0.1, -0.05) is 85.3 Å². The number of piperidine rings is 1. The first-order valence-corrected chi connectivity index (χ1v) is 13.1. The van der Waals surface area contributed by atoms with Crippen molar-refractivity contribution in [2.75, 3.05) is 13.1 Å². The maximum atomic E-state index is 13.5. The summed E-state index contributed by atoms with van der Waals surface area (Å²) in [5.41, 5.74) is 3.89. The van der Waals surface area contributed by atoms with E-state index in [-0.39, 0.29) is 5.41 Å². The van der Waals surface area contributed by atoms with E-state index in [1.54, 1.807) is 16.4 Å². The molecule has 3 aliphatic rings. The lowest BCUT2D eigenvalue weighted by molar-refractivity contribution is 0.342. The molecule has 2 aliphatic carbocycles. The molecule has 0 N–H and O–H groups in total. The van der Waals surface area contributed by atoms with Crippen LogP contribution in [0.2, 0.25) is 0 Å². The number of nitrogens with zero attached hydrogens (tertiary/aromatic N) is 1. The van der Waals surface area contributed by atoms with Gasteiger partial charge in [-0.05, 0) is 65.2 Å². The van der Waals surface area contributed by atoms with Gasteiger partial charge in [0.1, 0.15) is 0 Å². The summed E-state index contributed by atoms with van der Waals surface area (Å²) in [6.45, 7) is 5.59. The molecule has 0 unspecified atom stereocenters. The van der Waals surface area contributed by atoms with Gasteiger partial charge in [-0.25, -0.2) is 8.42 Å². The smallest absolute Gasteiger partial charge is 0.207 e.